The fraction of sp³-hybridized carbons (Fsp3) is 0.100. The van der Waals surface area contributed by atoms with Crippen LogP contribution in [0.3, 0.4) is 0 Å². The number of sulfonamides is 1. The van der Waals surface area contributed by atoms with Gasteiger partial charge in [0, 0.05) is 6.07 Å². The molecular weight excluding hydrogens is 522 g/mol. The number of benzene rings is 2. The van der Waals surface area contributed by atoms with Crippen LogP contribution in [0.2, 0.25) is 0 Å². The van der Waals surface area contributed by atoms with Crippen LogP contribution in [-0.4, -0.2) is 46.3 Å². The molecule has 0 unspecified atom stereocenters. The number of aromatic carboxylic acids is 1. The number of rotatable bonds is 6. The van der Waals surface area contributed by atoms with Gasteiger partial charge in [0.2, 0.25) is 11.9 Å². The van der Waals surface area contributed by atoms with E-state index in [0.717, 1.165) is 27.4 Å². The van der Waals surface area contributed by atoms with Crippen molar-refractivity contribution in [3.05, 3.63) is 46.8 Å². The molecular formula is C20H13N3O9S3. The lowest BCUT2D eigenvalue weighted by molar-refractivity contribution is 0.0699. The SMILES string of the molecule is Cc1cc2c(cc1N(c1ccc3nsnc3c1C(=O)O)S(=O)(=O)c1ccsc1OC(=O)O)OCO2. The first-order chi connectivity index (χ1) is 16.7. The fourth-order valence-electron chi connectivity index (χ4n) is 3.59. The Labute approximate surface area is 204 Å². The number of nitrogens with zero attached hydrogens (tertiary/aromatic N) is 3. The second kappa shape index (κ2) is 8.37. The Kier molecular flexibility index (Phi) is 5.46. The fourth-order valence-corrected chi connectivity index (χ4v) is 6.86. The molecule has 0 saturated carbocycles. The van der Waals surface area contributed by atoms with E-state index >= 15 is 0 Å². The summed E-state index contributed by atoms with van der Waals surface area (Å²) in [6.45, 7) is 1.55. The molecule has 15 heteroatoms. The van der Waals surface area contributed by atoms with Crippen molar-refractivity contribution in [2.75, 3.05) is 11.1 Å². The minimum Gasteiger partial charge on any atom is -0.478 e. The highest BCUT2D eigenvalue weighted by Crippen LogP contribution is 2.46. The van der Waals surface area contributed by atoms with Gasteiger partial charge in [-0.1, -0.05) is 0 Å². The summed E-state index contributed by atoms with van der Waals surface area (Å²) < 4.78 is 52.5. The molecule has 5 rings (SSSR count). The van der Waals surface area contributed by atoms with Crippen molar-refractivity contribution in [1.29, 1.82) is 0 Å². The van der Waals surface area contributed by atoms with Crippen LogP contribution >= 0.6 is 23.1 Å². The molecule has 0 fully saturated rings. The number of aryl methyl sites for hydroxylation is 1. The quantitative estimate of drug-likeness (QED) is 0.342. The smallest absolute Gasteiger partial charge is 0.478 e. The summed E-state index contributed by atoms with van der Waals surface area (Å²) in [4.78, 5) is 23.0. The van der Waals surface area contributed by atoms with Crippen LogP contribution in [0, 0.1) is 6.92 Å². The van der Waals surface area contributed by atoms with E-state index in [-0.39, 0.29) is 35.0 Å². The van der Waals surface area contributed by atoms with Gasteiger partial charge in [-0.05, 0) is 42.1 Å². The van der Waals surface area contributed by atoms with E-state index < -0.39 is 37.7 Å². The predicted octanol–water partition coefficient (Wildman–Crippen LogP) is 4.07. The summed E-state index contributed by atoms with van der Waals surface area (Å²) in [5.74, 6) is -0.776. The Morgan fingerprint density at radius 2 is 1.83 bits per heavy atom. The number of fused-ring (bicyclic) bond motifs is 2. The molecule has 4 aromatic rings. The Balaban J connectivity index is 1.82. The van der Waals surface area contributed by atoms with Crippen LogP contribution in [0.5, 0.6) is 16.6 Å². The number of carboxylic acid groups (broad SMARTS) is 2. The van der Waals surface area contributed by atoms with Gasteiger partial charge in [0.1, 0.15) is 21.5 Å². The van der Waals surface area contributed by atoms with Crippen LogP contribution in [0.4, 0.5) is 16.2 Å². The van der Waals surface area contributed by atoms with Gasteiger partial charge in [0.15, 0.2) is 11.5 Å². The van der Waals surface area contributed by atoms with Crippen molar-refractivity contribution in [2.45, 2.75) is 11.8 Å². The minimum absolute atomic E-state index is 0.00549. The minimum atomic E-state index is -4.64. The zero-order chi connectivity index (χ0) is 24.9. The van der Waals surface area contributed by atoms with E-state index in [4.69, 9.17) is 14.6 Å². The van der Waals surface area contributed by atoms with Crippen LogP contribution < -0.4 is 18.5 Å². The van der Waals surface area contributed by atoms with E-state index in [2.05, 4.69) is 13.5 Å². The third-order valence-corrected chi connectivity index (χ3v) is 8.26. The largest absolute Gasteiger partial charge is 0.512 e. The highest BCUT2D eigenvalue weighted by Gasteiger charge is 2.36. The van der Waals surface area contributed by atoms with Gasteiger partial charge in [-0.2, -0.15) is 8.75 Å². The summed E-state index contributed by atoms with van der Waals surface area (Å²) in [5.41, 5.74) is 0.139. The average Bonchev–Trinajstić information content (AvgIpc) is 3.53. The van der Waals surface area contributed by atoms with Crippen LogP contribution in [0.1, 0.15) is 15.9 Å². The highest BCUT2D eigenvalue weighted by atomic mass is 32.2. The maximum absolute atomic E-state index is 14.1. The van der Waals surface area contributed by atoms with Gasteiger partial charge in [0.05, 0.1) is 23.1 Å². The molecule has 2 aromatic heterocycles. The zero-order valence-corrected chi connectivity index (χ0v) is 19.9. The lowest BCUT2D eigenvalue weighted by atomic mass is 10.1. The molecule has 180 valence electrons. The maximum Gasteiger partial charge on any atom is 0.512 e. The average molecular weight is 536 g/mol. The number of aromatic nitrogens is 2. The molecule has 12 nitrogen and oxygen atoms in total. The Morgan fingerprint density at radius 1 is 1.09 bits per heavy atom. The second-order valence-corrected chi connectivity index (χ2v) is 10.3. The van der Waals surface area contributed by atoms with Crippen molar-refractivity contribution >= 4 is 67.6 Å². The molecule has 1 aliphatic heterocycles. The van der Waals surface area contributed by atoms with Gasteiger partial charge in [-0.3, -0.25) is 0 Å². The number of anilines is 2. The summed E-state index contributed by atoms with van der Waals surface area (Å²) in [6.07, 6.45) is -1.70. The number of carbonyl (C=O) groups is 2. The summed E-state index contributed by atoms with van der Waals surface area (Å²) in [5, 5.41) is 20.1. The maximum atomic E-state index is 14.1. The molecule has 1 aliphatic rings. The Hall–Kier alpha value is -3.95. The molecule has 3 heterocycles. The van der Waals surface area contributed by atoms with Crippen molar-refractivity contribution < 1.29 is 42.4 Å². The first-order valence-corrected chi connectivity index (χ1v) is 12.7. The van der Waals surface area contributed by atoms with E-state index in [1.54, 1.807) is 13.0 Å². The standard InChI is InChI=1S/C20H13N3O9S3/c1-9-6-13-14(31-8-30-13)7-12(9)23(35(28,29)15-4-5-33-19(15)32-20(26)27)11-3-2-10-17(22-34-21-10)16(11)18(24)25/h2-7H,8H2,1H3,(H,24,25)(H,26,27). The third kappa shape index (κ3) is 3.78. The lowest BCUT2D eigenvalue weighted by Gasteiger charge is -2.27. The molecule has 0 aliphatic carbocycles. The van der Waals surface area contributed by atoms with Crippen molar-refractivity contribution in [1.82, 2.24) is 8.75 Å². The number of thiophene rings is 1. The van der Waals surface area contributed by atoms with Gasteiger partial charge in [-0.25, -0.2) is 22.3 Å². The lowest BCUT2D eigenvalue weighted by Crippen LogP contribution is -2.29. The van der Waals surface area contributed by atoms with Crippen molar-refractivity contribution in [3.63, 3.8) is 0 Å². The van der Waals surface area contributed by atoms with Crippen molar-refractivity contribution in [3.8, 4) is 16.6 Å². The summed E-state index contributed by atoms with van der Waals surface area (Å²) in [6, 6.07) is 6.91. The van der Waals surface area contributed by atoms with E-state index in [9.17, 15) is 23.1 Å². The topological polar surface area (TPSA) is 165 Å². The van der Waals surface area contributed by atoms with Crippen LogP contribution in [0.15, 0.2) is 40.6 Å². The molecule has 0 amide bonds. The first kappa shape index (κ1) is 22.8. The molecule has 35 heavy (non-hydrogen) atoms. The van der Waals surface area contributed by atoms with E-state index in [1.165, 1.54) is 29.6 Å². The summed E-state index contributed by atoms with van der Waals surface area (Å²) >= 11 is 1.54. The van der Waals surface area contributed by atoms with Gasteiger partial charge >= 0.3 is 12.1 Å². The molecule has 0 radical (unpaired) electrons. The molecule has 0 saturated heterocycles. The number of hydrogen-bond acceptors (Lipinski definition) is 11. The van der Waals surface area contributed by atoms with Crippen molar-refractivity contribution in [2.24, 2.45) is 0 Å². The monoisotopic (exact) mass is 535 g/mol. The highest BCUT2D eigenvalue weighted by molar-refractivity contribution is 7.93. The van der Waals surface area contributed by atoms with Gasteiger partial charge < -0.3 is 24.4 Å². The molecule has 0 spiro atoms. The Bertz CT molecular complexity index is 1610. The predicted molar refractivity (Wildman–Crippen MR) is 124 cm³/mol. The second-order valence-electron chi connectivity index (χ2n) is 7.10. The van der Waals surface area contributed by atoms with E-state index in [0.29, 0.717) is 11.3 Å². The number of hydrogen-bond donors (Lipinski definition) is 2. The third-order valence-electron chi connectivity index (χ3n) is 5.04. The normalized spacial score (nSPS) is 12.6. The van der Waals surface area contributed by atoms with Crippen LogP contribution in [-0.2, 0) is 10.0 Å². The summed E-state index contributed by atoms with van der Waals surface area (Å²) in [7, 11) is -4.64. The van der Waals surface area contributed by atoms with E-state index in [1.807, 2.05) is 0 Å². The molecule has 0 atom stereocenters. The van der Waals surface area contributed by atoms with Gasteiger partial charge in [0.25, 0.3) is 10.0 Å². The zero-order valence-electron chi connectivity index (χ0n) is 17.5. The number of carboxylic acids is 1. The molecule has 0 bridgehead atoms. The van der Waals surface area contributed by atoms with Gasteiger partial charge in [-0.15, -0.1) is 11.3 Å². The van der Waals surface area contributed by atoms with Crippen LogP contribution in [0.25, 0.3) is 11.0 Å². The Morgan fingerprint density at radius 3 is 2.54 bits per heavy atom. The molecule has 2 aromatic carbocycles. The molecule has 2 N–H and O–H groups in total. The number of ether oxygens (including phenoxy) is 3. The first-order valence-electron chi connectivity index (χ1n) is 9.61.